The lowest BCUT2D eigenvalue weighted by molar-refractivity contribution is 0.167. The SMILES string of the molecule is C[C@H]1C[C@@H](COP(=O)(O)O)C[C@H]1NC1CCCCCC1. The highest BCUT2D eigenvalue weighted by atomic mass is 31.2. The molecule has 6 heteroatoms. The first-order chi connectivity index (χ1) is 9.44. The first kappa shape index (κ1) is 16.4. The van der Waals surface area contributed by atoms with E-state index in [2.05, 4.69) is 16.8 Å². The van der Waals surface area contributed by atoms with Gasteiger partial charge in [-0.15, -0.1) is 0 Å². The number of phosphoric ester groups is 1. The summed E-state index contributed by atoms with van der Waals surface area (Å²) in [5, 5.41) is 3.79. The van der Waals surface area contributed by atoms with Gasteiger partial charge < -0.3 is 15.1 Å². The molecule has 2 aliphatic rings. The minimum Gasteiger partial charge on any atom is -0.311 e. The van der Waals surface area contributed by atoms with Crippen molar-refractivity contribution in [2.24, 2.45) is 11.8 Å². The summed E-state index contributed by atoms with van der Waals surface area (Å²) < 4.78 is 15.4. The van der Waals surface area contributed by atoms with Crippen LogP contribution in [-0.4, -0.2) is 28.5 Å². The van der Waals surface area contributed by atoms with Crippen LogP contribution in [0.2, 0.25) is 0 Å². The minimum atomic E-state index is -4.32. The summed E-state index contributed by atoms with van der Waals surface area (Å²) in [4.78, 5) is 17.6. The van der Waals surface area contributed by atoms with Gasteiger partial charge in [0, 0.05) is 12.1 Å². The highest BCUT2D eigenvalue weighted by Gasteiger charge is 2.33. The Bertz CT molecular complexity index is 338. The van der Waals surface area contributed by atoms with Crippen molar-refractivity contribution >= 4 is 7.82 Å². The lowest BCUT2D eigenvalue weighted by Gasteiger charge is -2.24. The van der Waals surface area contributed by atoms with Crippen LogP contribution >= 0.6 is 7.82 Å². The molecule has 2 rings (SSSR count). The molecule has 0 aromatic rings. The summed E-state index contributed by atoms with van der Waals surface area (Å²) in [5.41, 5.74) is 0. The Kier molecular flexibility index (Phi) is 6.06. The molecule has 0 unspecified atom stereocenters. The molecule has 0 bridgehead atoms. The number of hydrogen-bond donors (Lipinski definition) is 3. The topological polar surface area (TPSA) is 78.8 Å². The Labute approximate surface area is 121 Å². The van der Waals surface area contributed by atoms with Crippen LogP contribution in [0.4, 0.5) is 0 Å². The molecule has 0 radical (unpaired) electrons. The van der Waals surface area contributed by atoms with Gasteiger partial charge in [-0.05, 0) is 37.5 Å². The highest BCUT2D eigenvalue weighted by molar-refractivity contribution is 7.46. The Morgan fingerprint density at radius 1 is 1.15 bits per heavy atom. The molecule has 3 atom stereocenters. The Balaban J connectivity index is 1.76. The normalized spacial score (nSPS) is 33.2. The molecule has 2 aliphatic carbocycles. The predicted octanol–water partition coefficient (Wildman–Crippen LogP) is 2.82. The lowest BCUT2D eigenvalue weighted by atomic mass is 10.0. The van der Waals surface area contributed by atoms with E-state index in [-0.39, 0.29) is 12.5 Å². The first-order valence-electron chi connectivity index (χ1n) is 7.90. The van der Waals surface area contributed by atoms with Gasteiger partial charge in [0.05, 0.1) is 6.61 Å². The van der Waals surface area contributed by atoms with E-state index in [0.717, 1.165) is 12.8 Å². The van der Waals surface area contributed by atoms with Gasteiger partial charge in [0.2, 0.25) is 0 Å². The predicted molar refractivity (Wildman–Crippen MR) is 78.3 cm³/mol. The zero-order valence-electron chi connectivity index (χ0n) is 12.3. The Hall–Kier alpha value is 0.0700. The number of nitrogens with one attached hydrogen (secondary N) is 1. The molecule has 0 aromatic heterocycles. The molecule has 0 amide bonds. The molecule has 2 saturated carbocycles. The van der Waals surface area contributed by atoms with Crippen LogP contribution in [-0.2, 0) is 9.09 Å². The second-order valence-corrected chi connectivity index (χ2v) is 7.80. The largest absolute Gasteiger partial charge is 0.469 e. The van der Waals surface area contributed by atoms with E-state index in [1.165, 1.54) is 38.5 Å². The van der Waals surface area contributed by atoms with Crippen molar-refractivity contribution in [2.75, 3.05) is 6.61 Å². The maximum absolute atomic E-state index is 10.8. The van der Waals surface area contributed by atoms with E-state index in [0.29, 0.717) is 18.0 Å². The highest BCUT2D eigenvalue weighted by Crippen LogP contribution is 2.40. The fourth-order valence-electron chi connectivity index (χ4n) is 3.70. The number of phosphoric acid groups is 1. The number of hydrogen-bond acceptors (Lipinski definition) is 3. The molecule has 118 valence electrons. The minimum absolute atomic E-state index is 0.178. The molecule has 0 aliphatic heterocycles. The number of rotatable bonds is 5. The van der Waals surface area contributed by atoms with Crippen molar-refractivity contribution in [2.45, 2.75) is 70.4 Å². The van der Waals surface area contributed by atoms with Crippen molar-refractivity contribution in [1.29, 1.82) is 0 Å². The van der Waals surface area contributed by atoms with Gasteiger partial charge in [0.1, 0.15) is 0 Å². The van der Waals surface area contributed by atoms with Crippen molar-refractivity contribution in [3.8, 4) is 0 Å². The molecule has 0 saturated heterocycles. The quantitative estimate of drug-likeness (QED) is 0.538. The zero-order chi connectivity index (χ0) is 14.6. The molecular formula is C14H28NO4P. The summed E-state index contributed by atoms with van der Waals surface area (Å²) in [6.07, 6.45) is 9.86. The third kappa shape index (κ3) is 5.45. The summed E-state index contributed by atoms with van der Waals surface area (Å²) in [6, 6.07) is 1.11. The molecule has 0 heterocycles. The van der Waals surface area contributed by atoms with Crippen LogP contribution in [0.5, 0.6) is 0 Å². The Morgan fingerprint density at radius 3 is 2.40 bits per heavy atom. The van der Waals surface area contributed by atoms with Gasteiger partial charge in [0.25, 0.3) is 0 Å². The van der Waals surface area contributed by atoms with Gasteiger partial charge >= 0.3 is 7.82 Å². The van der Waals surface area contributed by atoms with E-state index in [9.17, 15) is 4.57 Å². The Morgan fingerprint density at radius 2 is 1.80 bits per heavy atom. The summed E-state index contributed by atoms with van der Waals surface area (Å²) in [6.45, 7) is 2.41. The van der Waals surface area contributed by atoms with E-state index in [4.69, 9.17) is 9.79 Å². The standard InChI is InChI=1S/C14H28NO4P/c1-11-8-12(10-19-20(16,17)18)9-14(11)15-13-6-4-2-3-5-7-13/h11-15H,2-10H2,1H3,(H2,16,17,18)/t11-,12+,14+/m0/s1. The lowest BCUT2D eigenvalue weighted by Crippen LogP contribution is -2.39. The van der Waals surface area contributed by atoms with Crippen molar-refractivity contribution in [3.63, 3.8) is 0 Å². The van der Waals surface area contributed by atoms with Crippen LogP contribution in [0.1, 0.15) is 58.3 Å². The summed E-state index contributed by atoms with van der Waals surface area (Å²) in [7, 11) is -4.32. The summed E-state index contributed by atoms with van der Waals surface area (Å²) >= 11 is 0. The monoisotopic (exact) mass is 305 g/mol. The van der Waals surface area contributed by atoms with Crippen LogP contribution < -0.4 is 5.32 Å². The van der Waals surface area contributed by atoms with Crippen molar-refractivity contribution in [3.05, 3.63) is 0 Å². The van der Waals surface area contributed by atoms with E-state index in [1.54, 1.807) is 0 Å². The van der Waals surface area contributed by atoms with Crippen molar-refractivity contribution < 1.29 is 18.9 Å². The van der Waals surface area contributed by atoms with Gasteiger partial charge in [-0.25, -0.2) is 4.57 Å². The zero-order valence-corrected chi connectivity index (χ0v) is 13.2. The average Bonchev–Trinajstić information content (AvgIpc) is 2.57. The maximum atomic E-state index is 10.8. The molecule has 5 nitrogen and oxygen atoms in total. The van der Waals surface area contributed by atoms with E-state index in [1.807, 2.05) is 0 Å². The van der Waals surface area contributed by atoms with Gasteiger partial charge in [0.15, 0.2) is 0 Å². The fraction of sp³-hybridized carbons (Fsp3) is 1.00. The van der Waals surface area contributed by atoms with Gasteiger partial charge in [-0.3, -0.25) is 4.52 Å². The molecule has 0 aromatic carbocycles. The molecule has 20 heavy (non-hydrogen) atoms. The van der Waals surface area contributed by atoms with Crippen LogP contribution in [0.3, 0.4) is 0 Å². The van der Waals surface area contributed by atoms with Gasteiger partial charge in [-0.1, -0.05) is 32.6 Å². The molecule has 0 spiro atoms. The van der Waals surface area contributed by atoms with Gasteiger partial charge in [-0.2, -0.15) is 0 Å². The second-order valence-electron chi connectivity index (χ2n) is 6.56. The fourth-order valence-corrected chi connectivity index (χ4v) is 4.10. The van der Waals surface area contributed by atoms with E-state index < -0.39 is 7.82 Å². The third-order valence-electron chi connectivity index (χ3n) is 4.76. The van der Waals surface area contributed by atoms with Crippen LogP contribution in [0.25, 0.3) is 0 Å². The average molecular weight is 305 g/mol. The summed E-state index contributed by atoms with van der Waals surface area (Å²) in [5.74, 6) is 0.824. The molecule has 2 fully saturated rings. The third-order valence-corrected chi connectivity index (χ3v) is 5.25. The second kappa shape index (κ2) is 7.37. The first-order valence-corrected chi connectivity index (χ1v) is 9.43. The van der Waals surface area contributed by atoms with Crippen molar-refractivity contribution in [1.82, 2.24) is 5.32 Å². The van der Waals surface area contributed by atoms with E-state index >= 15 is 0 Å². The van der Waals surface area contributed by atoms with Crippen LogP contribution in [0.15, 0.2) is 0 Å². The molecule has 3 N–H and O–H groups in total. The smallest absolute Gasteiger partial charge is 0.311 e. The molecular weight excluding hydrogens is 277 g/mol. The van der Waals surface area contributed by atoms with Crippen LogP contribution in [0, 0.1) is 11.8 Å². The maximum Gasteiger partial charge on any atom is 0.469 e.